The van der Waals surface area contributed by atoms with Crippen LogP contribution in [-0.4, -0.2) is 0 Å². The molecule has 14 aromatic rings. The quantitative estimate of drug-likeness (QED) is 0.164. The monoisotopic (exact) mass is 1040 g/mol. The summed E-state index contributed by atoms with van der Waals surface area (Å²) in [6.45, 7) is 0. The van der Waals surface area contributed by atoms with E-state index in [9.17, 15) is 0 Å². The molecule has 2 heterocycles. The van der Waals surface area contributed by atoms with Crippen LogP contribution in [-0.2, 0) is 10.8 Å². The van der Waals surface area contributed by atoms with Crippen LogP contribution >= 0.6 is 0 Å². The van der Waals surface area contributed by atoms with Crippen molar-refractivity contribution in [3.8, 4) is 89.8 Å². The van der Waals surface area contributed by atoms with Gasteiger partial charge in [-0.2, -0.15) is 0 Å². The zero-order valence-electron chi connectivity index (χ0n) is 44.5. The van der Waals surface area contributed by atoms with Gasteiger partial charge in [-0.05, 0) is 141 Å². The van der Waals surface area contributed by atoms with Crippen LogP contribution in [0.2, 0.25) is 0 Å². The van der Waals surface area contributed by atoms with Gasteiger partial charge in [0.15, 0.2) is 0 Å². The summed E-state index contributed by atoms with van der Waals surface area (Å²) in [7, 11) is 0. The van der Waals surface area contributed by atoms with Gasteiger partial charge in [-0.25, -0.2) is 0 Å². The van der Waals surface area contributed by atoms with E-state index in [1.807, 2.05) is 0 Å². The van der Waals surface area contributed by atoms with E-state index in [1.165, 1.54) is 72.0 Å². The van der Waals surface area contributed by atoms with Gasteiger partial charge in [-0.1, -0.05) is 261 Å². The van der Waals surface area contributed by atoms with Crippen molar-refractivity contribution in [1.29, 1.82) is 0 Å². The maximum Gasteiger partial charge on any atom is 0.140 e. The highest BCUT2D eigenvalue weighted by atomic mass is 16.5. The molecule has 0 saturated carbocycles. The fraction of sp³-hybridized carbons (Fsp3) is 0.0250. The van der Waals surface area contributed by atoms with E-state index < -0.39 is 10.8 Å². The average Bonchev–Trinajstić information content (AvgIpc) is 2.08. The summed E-state index contributed by atoms with van der Waals surface area (Å²) in [5, 5.41) is 7.00. The second-order valence-electron chi connectivity index (χ2n) is 22.4. The highest BCUT2D eigenvalue weighted by molar-refractivity contribution is 6.20. The molecule has 4 aliphatic rings. The van der Waals surface area contributed by atoms with E-state index in [2.05, 4.69) is 291 Å². The fourth-order valence-corrected chi connectivity index (χ4v) is 15.4. The molecule has 0 radical (unpaired) electrons. The highest BCUT2D eigenvalue weighted by Crippen LogP contribution is 2.65. The summed E-state index contributed by atoms with van der Waals surface area (Å²) in [5.41, 5.74) is 22.5. The number of rotatable bonds is 4. The van der Waals surface area contributed by atoms with Crippen molar-refractivity contribution in [2.45, 2.75) is 10.8 Å². The van der Waals surface area contributed by atoms with Gasteiger partial charge >= 0.3 is 0 Å². The minimum atomic E-state index is -0.607. The van der Waals surface area contributed by atoms with Crippen LogP contribution in [0.25, 0.3) is 99.1 Å². The van der Waals surface area contributed by atoms with Crippen molar-refractivity contribution < 1.29 is 9.47 Å². The lowest BCUT2D eigenvalue weighted by Gasteiger charge is -2.40. The number of ether oxygens (including phenoxy) is 2. The molecule has 2 heteroatoms. The van der Waals surface area contributed by atoms with Gasteiger partial charge in [0.25, 0.3) is 0 Å². The molecule has 18 rings (SSSR count). The fourth-order valence-electron chi connectivity index (χ4n) is 15.4. The summed E-state index contributed by atoms with van der Waals surface area (Å²) < 4.78 is 14.8. The van der Waals surface area contributed by atoms with E-state index in [1.54, 1.807) is 0 Å². The highest BCUT2D eigenvalue weighted by Gasteiger charge is 2.53. The topological polar surface area (TPSA) is 18.5 Å². The van der Waals surface area contributed by atoms with Gasteiger partial charge < -0.3 is 9.47 Å². The molecule has 0 unspecified atom stereocenters. The second-order valence-corrected chi connectivity index (χ2v) is 22.4. The van der Waals surface area contributed by atoms with E-state index in [0.29, 0.717) is 0 Å². The molecule has 0 fully saturated rings. The number of hydrogen-bond donors (Lipinski definition) is 0. The lowest BCUT2D eigenvalue weighted by Crippen LogP contribution is -2.32. The third-order valence-corrected chi connectivity index (χ3v) is 18.6. The predicted molar refractivity (Wildman–Crippen MR) is 335 cm³/mol. The Balaban J connectivity index is 0.946. The van der Waals surface area contributed by atoms with Gasteiger partial charge in [0.2, 0.25) is 0 Å². The van der Waals surface area contributed by atoms with Crippen LogP contribution in [0.5, 0.6) is 23.0 Å². The summed E-state index contributed by atoms with van der Waals surface area (Å²) in [4.78, 5) is 0. The van der Waals surface area contributed by atoms with Gasteiger partial charge in [0.1, 0.15) is 23.0 Å². The van der Waals surface area contributed by atoms with Crippen molar-refractivity contribution in [3.63, 3.8) is 0 Å². The van der Waals surface area contributed by atoms with Gasteiger partial charge in [-0.15, -0.1) is 0 Å². The maximum absolute atomic E-state index is 7.41. The number of benzene rings is 14. The average molecular weight is 1040 g/mol. The molecule has 82 heavy (non-hydrogen) atoms. The molecule has 2 nitrogen and oxygen atoms in total. The normalized spacial score (nSPS) is 14.0. The molecule has 2 aliphatic carbocycles. The third-order valence-electron chi connectivity index (χ3n) is 18.6. The van der Waals surface area contributed by atoms with Crippen LogP contribution in [0.15, 0.2) is 291 Å². The van der Waals surface area contributed by atoms with Crippen LogP contribution in [0.3, 0.4) is 0 Å². The van der Waals surface area contributed by atoms with E-state index in [-0.39, 0.29) is 0 Å². The van der Waals surface area contributed by atoms with Crippen molar-refractivity contribution >= 4 is 32.3 Å². The number of hydrogen-bond acceptors (Lipinski definition) is 2. The van der Waals surface area contributed by atoms with Gasteiger partial charge in [-0.3, -0.25) is 0 Å². The van der Waals surface area contributed by atoms with Crippen LogP contribution in [0.4, 0.5) is 0 Å². The minimum absolute atomic E-state index is 0.607. The largest absolute Gasteiger partial charge is 0.456 e. The Hall–Kier alpha value is -10.5. The molecule has 0 saturated heterocycles. The maximum atomic E-state index is 7.41. The van der Waals surface area contributed by atoms with Crippen LogP contribution < -0.4 is 9.47 Å². The molecule has 0 atom stereocenters. The SMILES string of the molecule is c1ccc(-c2cc(-c3c4cccc(-c5cccc6c5Oc5ccccc5C65c6ccccc6-c6ccccc65)c4cc4c(-c5cccc6c5Oc5ccccc5C65c6ccccc6-c6ccccc65)cccc34)cc3ccccc23)cc1. The summed E-state index contributed by atoms with van der Waals surface area (Å²) >= 11 is 0. The van der Waals surface area contributed by atoms with Gasteiger partial charge in [0.05, 0.1) is 10.8 Å². The molecule has 0 aromatic heterocycles. The van der Waals surface area contributed by atoms with Crippen LogP contribution in [0.1, 0.15) is 44.5 Å². The zero-order valence-corrected chi connectivity index (χ0v) is 44.5. The molecule has 0 bridgehead atoms. The summed E-state index contributed by atoms with van der Waals surface area (Å²) in [6.07, 6.45) is 0. The lowest BCUT2D eigenvalue weighted by atomic mass is 9.65. The molecular formula is C80H48O2. The minimum Gasteiger partial charge on any atom is -0.456 e. The first kappa shape index (κ1) is 45.3. The third kappa shape index (κ3) is 5.92. The standard InChI is InChI=1S/C80H48O2/c1-2-22-49(23-3-1)63-47-51(46-50-24-4-5-25-52(50)63)76-59-32-18-30-53(61-34-20-42-72-77(61)81-74-44-16-14-40-70(74)79(72)66-36-10-6-26-55(66)56-27-7-11-37-67(56)79)64(59)48-65-54(31-19-33-60(65)76)62-35-21-43-73-78(62)82-75-45-17-15-41-71(75)80(73)68-38-12-8-28-57(68)58-29-9-13-39-69(58)80/h1-48H. The Morgan fingerprint density at radius 2 is 0.573 bits per heavy atom. The lowest BCUT2D eigenvalue weighted by molar-refractivity contribution is 0.438. The Morgan fingerprint density at radius 1 is 0.207 bits per heavy atom. The Kier molecular flexibility index (Phi) is 9.39. The summed E-state index contributed by atoms with van der Waals surface area (Å²) in [6, 6.07) is 108. The molecule has 380 valence electrons. The zero-order chi connectivity index (χ0) is 53.7. The molecule has 2 aliphatic heterocycles. The van der Waals surface area contributed by atoms with Crippen molar-refractivity contribution in [3.05, 3.63) is 336 Å². The first-order valence-corrected chi connectivity index (χ1v) is 28.5. The Labute approximate surface area is 475 Å². The summed E-state index contributed by atoms with van der Waals surface area (Å²) in [5.74, 6) is 3.48. The molecular weight excluding hydrogens is 993 g/mol. The molecule has 0 N–H and O–H groups in total. The van der Waals surface area contributed by atoms with Crippen molar-refractivity contribution in [1.82, 2.24) is 0 Å². The van der Waals surface area contributed by atoms with E-state index in [4.69, 9.17) is 9.47 Å². The van der Waals surface area contributed by atoms with Crippen LogP contribution in [0, 0.1) is 0 Å². The van der Waals surface area contributed by atoms with Gasteiger partial charge in [0, 0.05) is 33.4 Å². The Morgan fingerprint density at radius 3 is 1.07 bits per heavy atom. The first-order valence-electron chi connectivity index (χ1n) is 28.5. The van der Waals surface area contributed by atoms with Crippen molar-refractivity contribution in [2.75, 3.05) is 0 Å². The molecule has 2 spiro atoms. The van der Waals surface area contributed by atoms with Crippen molar-refractivity contribution in [2.24, 2.45) is 0 Å². The number of para-hydroxylation sites is 4. The number of fused-ring (bicyclic) bond motifs is 21. The Bertz CT molecular complexity index is 4720. The molecule has 14 aromatic carbocycles. The molecule has 0 amide bonds. The first-order chi connectivity index (χ1) is 40.7. The van der Waals surface area contributed by atoms with E-state index >= 15 is 0 Å². The smallest absolute Gasteiger partial charge is 0.140 e. The second kappa shape index (κ2) is 17.0. The predicted octanol–water partition coefficient (Wildman–Crippen LogP) is 20.8. The van der Waals surface area contributed by atoms with E-state index in [0.717, 1.165) is 94.6 Å².